The maximum Gasteiger partial charge on any atom is 0.124 e. The van der Waals surface area contributed by atoms with E-state index in [-0.39, 0.29) is 0 Å². The second-order valence-corrected chi connectivity index (χ2v) is 17.3. The van der Waals surface area contributed by atoms with Gasteiger partial charge in [-0.15, -0.1) is 0 Å². The van der Waals surface area contributed by atoms with Gasteiger partial charge in [0.2, 0.25) is 0 Å². The van der Waals surface area contributed by atoms with Gasteiger partial charge in [0.1, 0.15) is 23.0 Å². The Hall–Kier alpha value is -9.44. The van der Waals surface area contributed by atoms with Crippen molar-refractivity contribution in [3.05, 3.63) is 181 Å². The molecule has 16 nitrogen and oxygen atoms in total. The minimum Gasteiger partial charge on any atom is -0.497 e. The molecule has 0 unspecified atom stereocenters. The van der Waals surface area contributed by atoms with Gasteiger partial charge in [-0.2, -0.15) is 10.2 Å². The number of anilines is 4. The number of nitrogens with zero attached hydrogens (tertiary/aromatic N) is 12. The summed E-state index contributed by atoms with van der Waals surface area (Å²) in [5.41, 5.74) is 14.5. The molecule has 0 saturated heterocycles. The van der Waals surface area contributed by atoms with Crippen molar-refractivity contribution in [2.24, 2.45) is 14.1 Å². The van der Waals surface area contributed by atoms with Crippen molar-refractivity contribution in [3.63, 3.8) is 0 Å². The molecule has 10 rings (SSSR count). The van der Waals surface area contributed by atoms with Gasteiger partial charge in [0.05, 0.1) is 98.1 Å². The molecule has 0 bridgehead atoms. The summed E-state index contributed by atoms with van der Waals surface area (Å²) >= 11 is 0. The molecule has 372 valence electrons. The summed E-state index contributed by atoms with van der Waals surface area (Å²) in [6.45, 7) is 5.30. The van der Waals surface area contributed by atoms with Crippen LogP contribution in [0.1, 0.15) is 22.5 Å². The summed E-state index contributed by atoms with van der Waals surface area (Å²) in [5, 5.41) is 8.52. The van der Waals surface area contributed by atoms with Crippen molar-refractivity contribution in [1.82, 2.24) is 49.5 Å². The number of hydrogen-bond donors (Lipinski definition) is 0. The molecular weight excluding hydrogens is 929 g/mol. The zero-order valence-electron chi connectivity index (χ0n) is 42.6. The van der Waals surface area contributed by atoms with E-state index >= 15 is 0 Å². The molecule has 0 amide bonds. The molecule has 0 aliphatic heterocycles. The highest BCUT2D eigenvalue weighted by Crippen LogP contribution is 2.36. The molecule has 6 aromatic heterocycles. The van der Waals surface area contributed by atoms with E-state index < -0.39 is 0 Å². The second-order valence-electron chi connectivity index (χ2n) is 17.3. The smallest absolute Gasteiger partial charge is 0.124 e. The minimum absolute atomic E-state index is 0.590. The van der Waals surface area contributed by atoms with Crippen molar-refractivity contribution in [3.8, 4) is 45.5 Å². The summed E-state index contributed by atoms with van der Waals surface area (Å²) in [4.78, 5) is 32.3. The predicted molar refractivity (Wildman–Crippen MR) is 293 cm³/mol. The van der Waals surface area contributed by atoms with E-state index in [1.165, 1.54) is 11.1 Å². The molecule has 0 radical (unpaired) electrons. The fourth-order valence-corrected chi connectivity index (χ4v) is 8.20. The summed E-state index contributed by atoms with van der Waals surface area (Å²) in [6.07, 6.45) is 22.9. The summed E-state index contributed by atoms with van der Waals surface area (Å²) < 4.78 is 25.7. The molecule has 0 aliphatic rings. The van der Waals surface area contributed by atoms with Gasteiger partial charge < -0.3 is 28.7 Å². The standard InChI is InChI=1S/2C29H28N6O2/c2*1-20-9-10-30-22(12-20)6-5-11-35(24-13-25(36-3)16-26(14-24)37-4)23-7-8-27-28(15-23)33-29(18-31-27)21-17-32-34(2)19-21/h2*5-10,12-19H,11H2,1-4H3/b6-5+;6-5-. The SMILES string of the molecule is COc1cc(OC)cc(N(C/C=C/c2cc(C)ccn2)c2ccc3ncc(-c4cnn(C)c4)nc3c2)c1.COc1cc(OC)cc(N(C/C=C\c2cc(C)ccn2)c2ccc3ncc(-c4cnn(C)c4)nc3c2)c1. The van der Waals surface area contributed by atoms with Crippen LogP contribution in [0, 0.1) is 13.8 Å². The number of aromatic nitrogens is 10. The second kappa shape index (κ2) is 22.8. The molecule has 10 aromatic rings. The lowest BCUT2D eigenvalue weighted by atomic mass is 10.2. The first-order valence-electron chi connectivity index (χ1n) is 23.8. The van der Waals surface area contributed by atoms with Crippen LogP contribution in [0.5, 0.6) is 23.0 Å². The Morgan fingerprint density at radius 3 is 1.20 bits per heavy atom. The van der Waals surface area contributed by atoms with Gasteiger partial charge in [0, 0.05) is 122 Å². The highest BCUT2D eigenvalue weighted by molar-refractivity contribution is 5.84. The van der Waals surface area contributed by atoms with Gasteiger partial charge in [-0.3, -0.25) is 29.3 Å². The lowest BCUT2D eigenvalue weighted by Crippen LogP contribution is -2.17. The molecule has 0 fully saturated rings. The van der Waals surface area contributed by atoms with Gasteiger partial charge in [-0.25, -0.2) is 9.97 Å². The average molecular weight is 985 g/mol. The Labute approximate surface area is 429 Å². The molecule has 0 spiro atoms. The number of ether oxygens (including phenoxy) is 4. The third-order valence-corrected chi connectivity index (χ3v) is 12.0. The first-order valence-corrected chi connectivity index (χ1v) is 23.8. The van der Waals surface area contributed by atoms with Crippen LogP contribution in [0.25, 0.3) is 56.7 Å². The molecule has 0 atom stereocenters. The van der Waals surface area contributed by atoms with Crippen LogP contribution in [-0.4, -0.2) is 91.0 Å². The van der Waals surface area contributed by atoms with E-state index in [1.54, 1.807) is 62.6 Å². The number of hydrogen-bond acceptors (Lipinski definition) is 14. The van der Waals surface area contributed by atoms with Crippen molar-refractivity contribution in [2.45, 2.75) is 13.8 Å². The lowest BCUT2D eigenvalue weighted by molar-refractivity contribution is 0.394. The number of rotatable bonds is 16. The maximum atomic E-state index is 5.54. The molecule has 0 N–H and O–H groups in total. The zero-order valence-corrected chi connectivity index (χ0v) is 42.6. The van der Waals surface area contributed by atoms with Crippen molar-refractivity contribution >= 4 is 57.0 Å². The van der Waals surface area contributed by atoms with Gasteiger partial charge in [-0.1, -0.05) is 12.2 Å². The fraction of sp³-hybridized carbons (Fsp3) is 0.172. The first-order chi connectivity index (χ1) is 36.0. The predicted octanol–water partition coefficient (Wildman–Crippen LogP) is 11.2. The summed E-state index contributed by atoms with van der Waals surface area (Å²) in [5.74, 6) is 2.84. The van der Waals surface area contributed by atoms with Crippen LogP contribution in [0.3, 0.4) is 0 Å². The van der Waals surface area contributed by atoms with E-state index in [2.05, 4.69) is 78.1 Å². The Bertz CT molecular complexity index is 3340. The fourth-order valence-electron chi connectivity index (χ4n) is 8.20. The molecule has 0 saturated carbocycles. The molecule has 0 aliphatic carbocycles. The van der Waals surface area contributed by atoms with Crippen molar-refractivity contribution in [1.29, 1.82) is 0 Å². The van der Waals surface area contributed by atoms with Gasteiger partial charge in [0.15, 0.2) is 0 Å². The van der Waals surface area contributed by atoms with E-state index in [1.807, 2.05) is 136 Å². The summed E-state index contributed by atoms with van der Waals surface area (Å²) in [6, 6.07) is 31.9. The van der Waals surface area contributed by atoms with E-state index in [4.69, 9.17) is 28.9 Å². The van der Waals surface area contributed by atoms with Gasteiger partial charge >= 0.3 is 0 Å². The Morgan fingerprint density at radius 1 is 0.446 bits per heavy atom. The normalized spacial score (nSPS) is 11.2. The number of fused-ring (bicyclic) bond motifs is 2. The van der Waals surface area contributed by atoms with Crippen LogP contribution >= 0.6 is 0 Å². The number of aryl methyl sites for hydroxylation is 4. The Balaban J connectivity index is 0.000000182. The average Bonchev–Trinajstić information content (AvgIpc) is 4.08. The van der Waals surface area contributed by atoms with Crippen LogP contribution in [0.2, 0.25) is 0 Å². The van der Waals surface area contributed by atoms with E-state index in [0.717, 1.165) is 78.7 Å². The molecule has 16 heteroatoms. The van der Waals surface area contributed by atoms with E-state index in [0.29, 0.717) is 36.1 Å². The molecular formula is C58H56N12O4. The van der Waals surface area contributed by atoms with Crippen LogP contribution in [0.15, 0.2) is 159 Å². The van der Waals surface area contributed by atoms with Crippen LogP contribution < -0.4 is 28.7 Å². The van der Waals surface area contributed by atoms with E-state index in [9.17, 15) is 0 Å². The highest BCUT2D eigenvalue weighted by atomic mass is 16.5. The molecule has 4 aromatic carbocycles. The highest BCUT2D eigenvalue weighted by Gasteiger charge is 2.16. The third-order valence-electron chi connectivity index (χ3n) is 12.0. The zero-order chi connectivity index (χ0) is 51.6. The number of benzene rings is 4. The quantitative estimate of drug-likeness (QED) is 0.0901. The largest absolute Gasteiger partial charge is 0.497 e. The van der Waals surface area contributed by atoms with Gasteiger partial charge in [-0.05, 0) is 97.8 Å². The monoisotopic (exact) mass is 984 g/mol. The summed E-state index contributed by atoms with van der Waals surface area (Å²) in [7, 11) is 10.4. The van der Waals surface area contributed by atoms with Gasteiger partial charge in [0.25, 0.3) is 0 Å². The maximum absolute atomic E-state index is 5.54. The Morgan fingerprint density at radius 2 is 0.851 bits per heavy atom. The molecule has 6 heterocycles. The number of pyridine rings is 2. The molecule has 74 heavy (non-hydrogen) atoms. The van der Waals surface area contributed by atoms with Crippen LogP contribution in [0.4, 0.5) is 22.7 Å². The third kappa shape index (κ3) is 12.0. The van der Waals surface area contributed by atoms with Crippen molar-refractivity contribution in [2.75, 3.05) is 51.3 Å². The topological polar surface area (TPSA) is 156 Å². The number of methoxy groups -OCH3 is 4. The first kappa shape index (κ1) is 49.5. The lowest BCUT2D eigenvalue weighted by Gasteiger charge is -2.25. The Kier molecular flexibility index (Phi) is 15.2. The van der Waals surface area contributed by atoms with Crippen molar-refractivity contribution < 1.29 is 18.9 Å². The van der Waals surface area contributed by atoms with Crippen LogP contribution in [-0.2, 0) is 14.1 Å². The minimum atomic E-state index is 0.590.